The van der Waals surface area contributed by atoms with Crippen LogP contribution in [0.4, 0.5) is 0 Å². The topological polar surface area (TPSA) is 20.2 Å². The third-order valence-electron chi connectivity index (χ3n) is 3.64. The zero-order chi connectivity index (χ0) is 11.5. The van der Waals surface area contributed by atoms with Crippen LogP contribution in [0.1, 0.15) is 44.3 Å². The first-order valence-corrected chi connectivity index (χ1v) is 6.89. The van der Waals surface area contributed by atoms with Crippen LogP contribution in [0.3, 0.4) is 0 Å². The lowest BCUT2D eigenvalue weighted by molar-refractivity contribution is 0.0714. The minimum atomic E-state index is -0.282. The summed E-state index contributed by atoms with van der Waals surface area (Å²) in [7, 11) is 0. The van der Waals surface area contributed by atoms with Crippen molar-refractivity contribution in [3.63, 3.8) is 0 Å². The van der Waals surface area contributed by atoms with Gasteiger partial charge in [0.05, 0.1) is 6.10 Å². The Kier molecular flexibility index (Phi) is 4.04. The fourth-order valence-corrected chi connectivity index (χ4v) is 2.96. The SMILES string of the molecule is CC1CCCC(C(O)c2ccc(Br)cc2)C1. The van der Waals surface area contributed by atoms with Gasteiger partial charge in [-0.25, -0.2) is 0 Å². The lowest BCUT2D eigenvalue weighted by atomic mass is 9.78. The molecule has 88 valence electrons. The second-order valence-corrected chi connectivity index (χ2v) is 5.94. The maximum absolute atomic E-state index is 10.3. The molecule has 0 spiro atoms. The van der Waals surface area contributed by atoms with Gasteiger partial charge in [0.25, 0.3) is 0 Å². The van der Waals surface area contributed by atoms with Crippen LogP contribution in [0.25, 0.3) is 0 Å². The zero-order valence-electron chi connectivity index (χ0n) is 9.70. The minimum absolute atomic E-state index is 0.282. The van der Waals surface area contributed by atoms with Crippen molar-refractivity contribution < 1.29 is 5.11 Å². The largest absolute Gasteiger partial charge is 0.388 e. The highest BCUT2D eigenvalue weighted by molar-refractivity contribution is 9.10. The van der Waals surface area contributed by atoms with E-state index in [1.165, 1.54) is 19.3 Å². The summed E-state index contributed by atoms with van der Waals surface area (Å²) in [6.07, 6.45) is 4.64. The third kappa shape index (κ3) is 2.86. The molecule has 1 nitrogen and oxygen atoms in total. The first-order chi connectivity index (χ1) is 7.66. The Hall–Kier alpha value is -0.340. The van der Waals surface area contributed by atoms with Gasteiger partial charge in [0, 0.05) is 4.47 Å². The minimum Gasteiger partial charge on any atom is -0.388 e. The molecule has 2 heteroatoms. The molecular formula is C14H19BrO. The van der Waals surface area contributed by atoms with E-state index in [0.717, 1.165) is 22.4 Å². The summed E-state index contributed by atoms with van der Waals surface area (Å²) in [4.78, 5) is 0. The van der Waals surface area contributed by atoms with Gasteiger partial charge in [0.2, 0.25) is 0 Å². The van der Waals surface area contributed by atoms with Crippen LogP contribution in [0.15, 0.2) is 28.7 Å². The Morgan fingerprint density at radius 1 is 1.25 bits per heavy atom. The highest BCUT2D eigenvalue weighted by Gasteiger charge is 2.26. The lowest BCUT2D eigenvalue weighted by Crippen LogP contribution is -2.20. The molecule has 0 amide bonds. The quantitative estimate of drug-likeness (QED) is 0.857. The van der Waals surface area contributed by atoms with Gasteiger partial charge in [0.15, 0.2) is 0 Å². The molecule has 0 bridgehead atoms. The van der Waals surface area contributed by atoms with Crippen LogP contribution < -0.4 is 0 Å². The molecule has 1 aromatic carbocycles. The van der Waals surface area contributed by atoms with Crippen LogP contribution in [-0.2, 0) is 0 Å². The Balaban J connectivity index is 2.06. The summed E-state index contributed by atoms with van der Waals surface area (Å²) in [5.74, 6) is 1.22. The van der Waals surface area contributed by atoms with Gasteiger partial charge in [-0.3, -0.25) is 0 Å². The fraction of sp³-hybridized carbons (Fsp3) is 0.571. The van der Waals surface area contributed by atoms with Crippen molar-refractivity contribution >= 4 is 15.9 Å². The second-order valence-electron chi connectivity index (χ2n) is 5.03. The molecule has 1 aliphatic rings. The van der Waals surface area contributed by atoms with E-state index in [0.29, 0.717) is 5.92 Å². The smallest absolute Gasteiger partial charge is 0.0818 e. The van der Waals surface area contributed by atoms with Gasteiger partial charge in [-0.05, 0) is 42.4 Å². The molecule has 0 saturated heterocycles. The molecule has 0 heterocycles. The van der Waals surface area contributed by atoms with E-state index in [2.05, 4.69) is 22.9 Å². The van der Waals surface area contributed by atoms with Crippen molar-refractivity contribution in [2.45, 2.75) is 38.7 Å². The van der Waals surface area contributed by atoms with E-state index >= 15 is 0 Å². The van der Waals surface area contributed by atoms with Crippen molar-refractivity contribution in [1.82, 2.24) is 0 Å². The summed E-state index contributed by atoms with van der Waals surface area (Å²) in [5, 5.41) is 10.3. The predicted molar refractivity (Wildman–Crippen MR) is 70.2 cm³/mol. The van der Waals surface area contributed by atoms with E-state index < -0.39 is 0 Å². The first kappa shape index (κ1) is 12.1. The lowest BCUT2D eigenvalue weighted by Gasteiger charge is -2.30. The molecule has 3 unspecified atom stereocenters. The van der Waals surface area contributed by atoms with Crippen LogP contribution in [-0.4, -0.2) is 5.11 Å². The summed E-state index contributed by atoms with van der Waals surface area (Å²) in [6.45, 7) is 2.29. The Morgan fingerprint density at radius 2 is 1.94 bits per heavy atom. The number of benzene rings is 1. The van der Waals surface area contributed by atoms with Gasteiger partial charge in [0.1, 0.15) is 0 Å². The molecule has 3 atom stereocenters. The number of rotatable bonds is 2. The fourth-order valence-electron chi connectivity index (χ4n) is 2.70. The van der Waals surface area contributed by atoms with Gasteiger partial charge < -0.3 is 5.11 Å². The summed E-state index contributed by atoms with van der Waals surface area (Å²) < 4.78 is 1.07. The Labute approximate surface area is 106 Å². The van der Waals surface area contributed by atoms with E-state index in [4.69, 9.17) is 0 Å². The van der Waals surface area contributed by atoms with Gasteiger partial charge in [-0.2, -0.15) is 0 Å². The second kappa shape index (κ2) is 5.33. The molecule has 1 aromatic rings. The van der Waals surface area contributed by atoms with Gasteiger partial charge in [-0.15, -0.1) is 0 Å². The molecule has 0 aliphatic heterocycles. The van der Waals surface area contributed by atoms with Crippen LogP contribution in [0.5, 0.6) is 0 Å². The predicted octanol–water partition coefficient (Wildman–Crippen LogP) is 4.31. The number of hydrogen-bond acceptors (Lipinski definition) is 1. The molecule has 2 rings (SSSR count). The van der Waals surface area contributed by atoms with Crippen LogP contribution >= 0.6 is 15.9 Å². The number of aliphatic hydroxyl groups is 1. The maximum Gasteiger partial charge on any atom is 0.0818 e. The van der Waals surface area contributed by atoms with E-state index in [9.17, 15) is 5.11 Å². The first-order valence-electron chi connectivity index (χ1n) is 6.10. The van der Waals surface area contributed by atoms with Crippen molar-refractivity contribution in [1.29, 1.82) is 0 Å². The van der Waals surface area contributed by atoms with E-state index in [-0.39, 0.29) is 6.10 Å². The molecule has 1 aliphatic carbocycles. The van der Waals surface area contributed by atoms with Crippen molar-refractivity contribution in [3.05, 3.63) is 34.3 Å². The maximum atomic E-state index is 10.3. The van der Waals surface area contributed by atoms with Crippen molar-refractivity contribution in [3.8, 4) is 0 Å². The van der Waals surface area contributed by atoms with Crippen molar-refractivity contribution in [2.24, 2.45) is 11.8 Å². The van der Waals surface area contributed by atoms with E-state index in [1.54, 1.807) is 0 Å². The normalized spacial score (nSPS) is 27.7. The van der Waals surface area contributed by atoms with Gasteiger partial charge in [-0.1, -0.05) is 47.8 Å². The number of aliphatic hydroxyl groups excluding tert-OH is 1. The van der Waals surface area contributed by atoms with Crippen molar-refractivity contribution in [2.75, 3.05) is 0 Å². The average molecular weight is 283 g/mol. The standard InChI is InChI=1S/C14H19BrO/c1-10-3-2-4-12(9-10)14(16)11-5-7-13(15)8-6-11/h5-8,10,12,14,16H,2-4,9H2,1H3. The molecule has 1 fully saturated rings. The number of halogens is 1. The summed E-state index contributed by atoms with van der Waals surface area (Å²) >= 11 is 3.42. The zero-order valence-corrected chi connectivity index (χ0v) is 11.3. The average Bonchev–Trinajstić information content (AvgIpc) is 2.29. The highest BCUT2D eigenvalue weighted by atomic mass is 79.9. The molecule has 0 radical (unpaired) electrons. The highest BCUT2D eigenvalue weighted by Crippen LogP contribution is 2.37. The summed E-state index contributed by atoms with van der Waals surface area (Å²) in [6, 6.07) is 8.05. The molecule has 0 aromatic heterocycles. The monoisotopic (exact) mass is 282 g/mol. The van der Waals surface area contributed by atoms with Gasteiger partial charge >= 0.3 is 0 Å². The Bertz CT molecular complexity index is 333. The van der Waals surface area contributed by atoms with Crippen LogP contribution in [0.2, 0.25) is 0 Å². The molecule has 1 saturated carbocycles. The summed E-state index contributed by atoms with van der Waals surface area (Å²) in [5.41, 5.74) is 1.06. The Morgan fingerprint density at radius 3 is 2.56 bits per heavy atom. The number of hydrogen-bond donors (Lipinski definition) is 1. The third-order valence-corrected chi connectivity index (χ3v) is 4.16. The molecule has 16 heavy (non-hydrogen) atoms. The van der Waals surface area contributed by atoms with Crippen LogP contribution in [0, 0.1) is 11.8 Å². The van der Waals surface area contributed by atoms with E-state index in [1.807, 2.05) is 24.3 Å². The molecule has 1 N–H and O–H groups in total. The molecular weight excluding hydrogens is 264 g/mol.